The highest BCUT2D eigenvalue weighted by Gasteiger charge is 2.23. The molecule has 2 rings (SSSR count). The minimum absolute atomic E-state index is 0.568. The number of nitrogens with two attached hydrogens (primary N) is 1. The third-order valence-corrected chi connectivity index (χ3v) is 4.19. The van der Waals surface area contributed by atoms with Gasteiger partial charge in [0.05, 0.1) is 25.6 Å². The van der Waals surface area contributed by atoms with Crippen LogP contribution in [0.3, 0.4) is 0 Å². The van der Waals surface area contributed by atoms with Gasteiger partial charge in [-0.25, -0.2) is 0 Å². The zero-order valence-electron chi connectivity index (χ0n) is 12.8. The number of anilines is 2. The van der Waals surface area contributed by atoms with Gasteiger partial charge in [0.1, 0.15) is 0 Å². The number of methoxy groups -OCH3 is 2. The number of hydrogen-bond acceptors (Lipinski definition) is 4. The molecule has 0 spiro atoms. The Balaban J connectivity index is 2.38. The standard InChI is InChI=1S/C16H26N2O2/c1-4-12-8-6-5-7-9-18(12)14-11-16(20-3)15(19-2)10-13(14)17/h10-12H,4-9,17H2,1-3H3. The maximum Gasteiger partial charge on any atom is 0.162 e. The summed E-state index contributed by atoms with van der Waals surface area (Å²) in [4.78, 5) is 2.45. The summed E-state index contributed by atoms with van der Waals surface area (Å²) in [5, 5.41) is 0. The third kappa shape index (κ3) is 2.94. The zero-order valence-corrected chi connectivity index (χ0v) is 12.8. The first kappa shape index (κ1) is 14.8. The fourth-order valence-electron chi connectivity index (χ4n) is 3.05. The molecule has 4 heteroatoms. The molecule has 1 atom stereocenters. The number of nitrogen functional groups attached to an aromatic ring is 1. The fraction of sp³-hybridized carbons (Fsp3) is 0.625. The molecule has 0 amide bonds. The Labute approximate surface area is 121 Å². The molecule has 1 aromatic rings. The zero-order chi connectivity index (χ0) is 14.5. The van der Waals surface area contributed by atoms with Gasteiger partial charge in [-0.15, -0.1) is 0 Å². The highest BCUT2D eigenvalue weighted by Crippen LogP contribution is 2.39. The lowest BCUT2D eigenvalue weighted by Gasteiger charge is -2.33. The molecule has 2 N–H and O–H groups in total. The van der Waals surface area contributed by atoms with Crippen molar-refractivity contribution in [3.63, 3.8) is 0 Å². The molecule has 1 heterocycles. The summed E-state index contributed by atoms with van der Waals surface area (Å²) in [6.45, 7) is 3.32. The van der Waals surface area contributed by atoms with Crippen LogP contribution in [-0.2, 0) is 0 Å². The van der Waals surface area contributed by atoms with Gasteiger partial charge in [-0.05, 0) is 19.3 Å². The van der Waals surface area contributed by atoms with E-state index in [1.807, 2.05) is 12.1 Å². The van der Waals surface area contributed by atoms with Crippen molar-refractivity contribution in [3.8, 4) is 11.5 Å². The Morgan fingerprint density at radius 2 is 1.85 bits per heavy atom. The van der Waals surface area contributed by atoms with Crippen molar-refractivity contribution in [1.29, 1.82) is 0 Å². The van der Waals surface area contributed by atoms with E-state index >= 15 is 0 Å². The lowest BCUT2D eigenvalue weighted by atomic mass is 10.1. The monoisotopic (exact) mass is 278 g/mol. The smallest absolute Gasteiger partial charge is 0.162 e. The SMILES string of the molecule is CCC1CCCCCN1c1cc(OC)c(OC)cc1N. The van der Waals surface area contributed by atoms with Crippen molar-refractivity contribution in [2.24, 2.45) is 0 Å². The molecule has 4 nitrogen and oxygen atoms in total. The summed E-state index contributed by atoms with van der Waals surface area (Å²) in [5.74, 6) is 1.44. The van der Waals surface area contributed by atoms with Gasteiger partial charge in [0.15, 0.2) is 11.5 Å². The van der Waals surface area contributed by atoms with Crippen LogP contribution in [0.1, 0.15) is 39.0 Å². The highest BCUT2D eigenvalue weighted by atomic mass is 16.5. The van der Waals surface area contributed by atoms with Crippen LogP contribution in [0, 0.1) is 0 Å². The van der Waals surface area contributed by atoms with Gasteiger partial charge < -0.3 is 20.1 Å². The minimum atomic E-state index is 0.568. The molecule has 20 heavy (non-hydrogen) atoms. The van der Waals surface area contributed by atoms with Crippen molar-refractivity contribution in [1.82, 2.24) is 0 Å². The van der Waals surface area contributed by atoms with Crippen LogP contribution in [0.15, 0.2) is 12.1 Å². The second-order valence-corrected chi connectivity index (χ2v) is 5.37. The molecule has 1 unspecified atom stereocenters. The topological polar surface area (TPSA) is 47.7 Å². The van der Waals surface area contributed by atoms with Gasteiger partial charge in [0, 0.05) is 24.7 Å². The van der Waals surface area contributed by atoms with E-state index in [1.165, 1.54) is 25.7 Å². The quantitative estimate of drug-likeness (QED) is 0.857. The molecular weight excluding hydrogens is 252 g/mol. The van der Waals surface area contributed by atoms with Gasteiger partial charge in [0.25, 0.3) is 0 Å². The summed E-state index contributed by atoms with van der Waals surface area (Å²) >= 11 is 0. The number of nitrogens with zero attached hydrogens (tertiary/aromatic N) is 1. The Morgan fingerprint density at radius 3 is 2.50 bits per heavy atom. The van der Waals surface area contributed by atoms with E-state index in [-0.39, 0.29) is 0 Å². The first-order chi connectivity index (χ1) is 9.71. The average molecular weight is 278 g/mol. The van der Waals surface area contributed by atoms with E-state index in [0.717, 1.165) is 30.1 Å². The number of hydrogen-bond donors (Lipinski definition) is 1. The number of ether oxygens (including phenoxy) is 2. The summed E-state index contributed by atoms with van der Waals surface area (Å²) in [6, 6.07) is 4.45. The van der Waals surface area contributed by atoms with Crippen molar-refractivity contribution < 1.29 is 9.47 Å². The summed E-state index contributed by atoms with van der Waals surface area (Å²) < 4.78 is 10.7. The predicted molar refractivity (Wildman–Crippen MR) is 83.9 cm³/mol. The van der Waals surface area contributed by atoms with Gasteiger partial charge in [-0.2, -0.15) is 0 Å². The molecule has 1 aliphatic rings. The Morgan fingerprint density at radius 1 is 1.15 bits per heavy atom. The molecular formula is C16H26N2O2. The van der Waals surface area contributed by atoms with E-state index < -0.39 is 0 Å². The molecule has 1 aromatic carbocycles. The van der Waals surface area contributed by atoms with Crippen molar-refractivity contribution in [2.45, 2.75) is 45.1 Å². The van der Waals surface area contributed by atoms with E-state index in [2.05, 4.69) is 11.8 Å². The van der Waals surface area contributed by atoms with Gasteiger partial charge in [-0.1, -0.05) is 19.8 Å². The number of benzene rings is 1. The lowest BCUT2D eigenvalue weighted by molar-refractivity contribution is 0.355. The normalized spacial score (nSPS) is 19.6. The van der Waals surface area contributed by atoms with Crippen molar-refractivity contribution in [2.75, 3.05) is 31.4 Å². The van der Waals surface area contributed by atoms with Crippen LogP contribution in [0.2, 0.25) is 0 Å². The highest BCUT2D eigenvalue weighted by molar-refractivity contribution is 5.73. The van der Waals surface area contributed by atoms with E-state index in [0.29, 0.717) is 11.8 Å². The van der Waals surface area contributed by atoms with Crippen molar-refractivity contribution in [3.05, 3.63) is 12.1 Å². The molecule has 1 saturated heterocycles. The molecule has 0 saturated carbocycles. The predicted octanol–water partition coefficient (Wildman–Crippen LogP) is 3.45. The Kier molecular flexibility index (Phi) is 4.99. The molecule has 1 aliphatic heterocycles. The van der Waals surface area contributed by atoms with Gasteiger partial charge in [0.2, 0.25) is 0 Å². The first-order valence-corrected chi connectivity index (χ1v) is 7.49. The molecule has 1 fully saturated rings. The molecule has 0 bridgehead atoms. The maximum absolute atomic E-state index is 6.24. The van der Waals surface area contributed by atoms with E-state index in [9.17, 15) is 0 Å². The molecule has 0 aliphatic carbocycles. The number of rotatable bonds is 4. The first-order valence-electron chi connectivity index (χ1n) is 7.49. The van der Waals surface area contributed by atoms with Crippen LogP contribution in [0.25, 0.3) is 0 Å². The minimum Gasteiger partial charge on any atom is -0.493 e. The summed E-state index contributed by atoms with van der Waals surface area (Å²) in [7, 11) is 3.30. The van der Waals surface area contributed by atoms with E-state index in [1.54, 1.807) is 14.2 Å². The van der Waals surface area contributed by atoms with Crippen LogP contribution in [0.4, 0.5) is 11.4 Å². The summed E-state index contributed by atoms with van der Waals surface area (Å²) in [6.07, 6.45) is 6.23. The third-order valence-electron chi connectivity index (χ3n) is 4.19. The largest absolute Gasteiger partial charge is 0.493 e. The average Bonchev–Trinajstić information content (AvgIpc) is 2.71. The molecule has 0 aromatic heterocycles. The second kappa shape index (κ2) is 6.73. The van der Waals surface area contributed by atoms with Gasteiger partial charge >= 0.3 is 0 Å². The van der Waals surface area contributed by atoms with Crippen LogP contribution in [0.5, 0.6) is 11.5 Å². The Hall–Kier alpha value is -1.58. The van der Waals surface area contributed by atoms with Crippen LogP contribution in [-0.4, -0.2) is 26.8 Å². The van der Waals surface area contributed by atoms with Crippen molar-refractivity contribution >= 4 is 11.4 Å². The van der Waals surface area contributed by atoms with Gasteiger partial charge in [-0.3, -0.25) is 0 Å². The molecule has 0 radical (unpaired) electrons. The van der Waals surface area contributed by atoms with Crippen LogP contribution >= 0.6 is 0 Å². The second-order valence-electron chi connectivity index (χ2n) is 5.37. The fourth-order valence-corrected chi connectivity index (χ4v) is 3.05. The van der Waals surface area contributed by atoms with Crippen LogP contribution < -0.4 is 20.1 Å². The Bertz CT molecular complexity index is 448. The maximum atomic E-state index is 6.24. The summed E-state index contributed by atoms with van der Waals surface area (Å²) in [5.41, 5.74) is 8.09. The molecule has 112 valence electrons. The lowest BCUT2D eigenvalue weighted by Crippen LogP contribution is -2.34. The van der Waals surface area contributed by atoms with E-state index in [4.69, 9.17) is 15.2 Å².